The van der Waals surface area contributed by atoms with Gasteiger partial charge in [0.15, 0.2) is 0 Å². The van der Waals surface area contributed by atoms with Gasteiger partial charge in [-0.05, 0) is 40.8 Å². The van der Waals surface area contributed by atoms with Crippen LogP contribution >= 0.6 is 15.9 Å². The van der Waals surface area contributed by atoms with Gasteiger partial charge in [-0.3, -0.25) is 4.98 Å². The molecule has 0 spiro atoms. The Morgan fingerprint density at radius 3 is 3.07 bits per heavy atom. The van der Waals surface area contributed by atoms with E-state index in [4.69, 9.17) is 0 Å². The molecule has 2 unspecified atom stereocenters. The number of hydrogen-bond acceptors (Lipinski definition) is 2. The van der Waals surface area contributed by atoms with Crippen LogP contribution in [0.1, 0.15) is 31.7 Å². The first kappa shape index (κ1) is 10.1. The van der Waals surface area contributed by atoms with E-state index in [2.05, 4.69) is 27.8 Å². The van der Waals surface area contributed by atoms with E-state index in [-0.39, 0.29) is 0 Å². The normalized spacial score (nSPS) is 30.4. The average Bonchev–Trinajstić information content (AvgIpc) is 2.79. The molecule has 0 aliphatic heterocycles. The molecule has 1 N–H and O–H groups in total. The van der Waals surface area contributed by atoms with Gasteiger partial charge >= 0.3 is 0 Å². The van der Waals surface area contributed by atoms with Crippen molar-refractivity contribution in [3.8, 4) is 0 Å². The molecule has 0 amide bonds. The SMILES string of the molecule is CCCC1CC1(O)c1cncc(Br)c1. The summed E-state index contributed by atoms with van der Waals surface area (Å²) in [6, 6.07) is 1.96. The molecule has 2 rings (SSSR count). The van der Waals surface area contributed by atoms with Crippen LogP contribution in [0.15, 0.2) is 22.9 Å². The molecule has 1 aromatic rings. The van der Waals surface area contributed by atoms with Gasteiger partial charge < -0.3 is 5.11 Å². The summed E-state index contributed by atoms with van der Waals surface area (Å²) in [5, 5.41) is 10.3. The van der Waals surface area contributed by atoms with Crippen molar-refractivity contribution in [2.24, 2.45) is 5.92 Å². The predicted molar refractivity (Wildman–Crippen MR) is 58.8 cm³/mol. The molecule has 0 saturated heterocycles. The van der Waals surface area contributed by atoms with Crippen LogP contribution in [0.5, 0.6) is 0 Å². The Hall–Kier alpha value is -0.410. The number of halogens is 1. The second-order valence-electron chi connectivity index (χ2n) is 4.01. The molecule has 1 aliphatic rings. The minimum Gasteiger partial charge on any atom is -0.385 e. The zero-order valence-corrected chi connectivity index (χ0v) is 9.79. The predicted octanol–water partition coefficient (Wildman–Crippen LogP) is 2.85. The van der Waals surface area contributed by atoms with E-state index in [9.17, 15) is 5.11 Å². The van der Waals surface area contributed by atoms with E-state index >= 15 is 0 Å². The van der Waals surface area contributed by atoms with Gasteiger partial charge in [-0.1, -0.05) is 13.3 Å². The maximum Gasteiger partial charge on any atom is 0.0944 e. The highest BCUT2D eigenvalue weighted by atomic mass is 79.9. The minimum absolute atomic E-state index is 0.434. The molecular formula is C11H14BrNO. The number of nitrogens with zero attached hydrogens (tertiary/aromatic N) is 1. The molecule has 0 aromatic carbocycles. The van der Waals surface area contributed by atoms with Gasteiger partial charge in [0.05, 0.1) is 5.60 Å². The molecule has 0 bridgehead atoms. The number of pyridine rings is 1. The van der Waals surface area contributed by atoms with E-state index in [1.807, 2.05) is 6.07 Å². The van der Waals surface area contributed by atoms with Crippen molar-refractivity contribution in [3.05, 3.63) is 28.5 Å². The summed E-state index contributed by atoms with van der Waals surface area (Å²) in [6.07, 6.45) is 6.63. The Bertz CT molecular complexity index is 342. The first-order valence-electron chi connectivity index (χ1n) is 5.00. The maximum atomic E-state index is 10.3. The molecule has 1 aliphatic carbocycles. The first-order valence-corrected chi connectivity index (χ1v) is 5.79. The average molecular weight is 256 g/mol. The maximum absolute atomic E-state index is 10.3. The molecule has 2 nitrogen and oxygen atoms in total. The van der Waals surface area contributed by atoms with E-state index in [1.54, 1.807) is 12.4 Å². The van der Waals surface area contributed by atoms with Gasteiger partial charge in [-0.15, -0.1) is 0 Å². The van der Waals surface area contributed by atoms with Crippen LogP contribution in [0.4, 0.5) is 0 Å². The zero-order chi connectivity index (χ0) is 10.2. The highest BCUT2D eigenvalue weighted by molar-refractivity contribution is 9.10. The number of hydrogen-bond donors (Lipinski definition) is 1. The largest absolute Gasteiger partial charge is 0.385 e. The zero-order valence-electron chi connectivity index (χ0n) is 8.20. The lowest BCUT2D eigenvalue weighted by Crippen LogP contribution is -2.09. The van der Waals surface area contributed by atoms with Crippen molar-refractivity contribution in [3.63, 3.8) is 0 Å². The third kappa shape index (κ3) is 1.71. The molecule has 1 saturated carbocycles. The Labute approximate surface area is 92.5 Å². The standard InChI is InChI=1S/C11H14BrNO/c1-2-3-8-5-11(8,14)9-4-10(12)7-13-6-9/h4,6-8,14H,2-3,5H2,1H3. The van der Waals surface area contributed by atoms with Crippen LogP contribution in [0.25, 0.3) is 0 Å². The molecule has 0 radical (unpaired) electrons. The lowest BCUT2D eigenvalue weighted by atomic mass is 10.1. The van der Waals surface area contributed by atoms with E-state index in [1.165, 1.54) is 0 Å². The molecule has 1 heterocycles. The van der Waals surface area contributed by atoms with Crippen LogP contribution in [-0.2, 0) is 5.60 Å². The van der Waals surface area contributed by atoms with Gasteiger partial charge in [-0.2, -0.15) is 0 Å². The summed E-state index contributed by atoms with van der Waals surface area (Å²) in [4.78, 5) is 4.08. The van der Waals surface area contributed by atoms with Crippen molar-refractivity contribution in [1.82, 2.24) is 4.98 Å². The fourth-order valence-corrected chi connectivity index (χ4v) is 2.37. The first-order chi connectivity index (χ1) is 6.66. The lowest BCUT2D eigenvalue weighted by molar-refractivity contribution is 0.128. The van der Waals surface area contributed by atoms with Crippen molar-refractivity contribution in [2.75, 3.05) is 0 Å². The van der Waals surface area contributed by atoms with Crippen LogP contribution in [0.3, 0.4) is 0 Å². The van der Waals surface area contributed by atoms with Gasteiger partial charge in [-0.25, -0.2) is 0 Å². The second-order valence-corrected chi connectivity index (χ2v) is 4.92. The second kappa shape index (κ2) is 3.63. The number of aliphatic hydroxyl groups is 1. The van der Waals surface area contributed by atoms with E-state index < -0.39 is 5.60 Å². The minimum atomic E-state index is -0.590. The van der Waals surface area contributed by atoms with E-state index in [0.717, 1.165) is 29.3 Å². The summed E-state index contributed by atoms with van der Waals surface area (Å²) in [7, 11) is 0. The molecule has 14 heavy (non-hydrogen) atoms. The summed E-state index contributed by atoms with van der Waals surface area (Å²) in [5.74, 6) is 0.434. The summed E-state index contributed by atoms with van der Waals surface area (Å²) >= 11 is 3.37. The fourth-order valence-electron chi connectivity index (χ4n) is 2.01. The Morgan fingerprint density at radius 1 is 1.64 bits per heavy atom. The van der Waals surface area contributed by atoms with Crippen LogP contribution < -0.4 is 0 Å². The molecule has 1 aromatic heterocycles. The van der Waals surface area contributed by atoms with E-state index in [0.29, 0.717) is 5.92 Å². The van der Waals surface area contributed by atoms with Crippen LogP contribution in [-0.4, -0.2) is 10.1 Å². The molecule has 76 valence electrons. The highest BCUT2D eigenvalue weighted by Crippen LogP contribution is 2.54. The third-order valence-corrected chi connectivity index (χ3v) is 3.35. The summed E-state index contributed by atoms with van der Waals surface area (Å²) in [5.41, 5.74) is 0.359. The van der Waals surface area contributed by atoms with Crippen molar-refractivity contribution < 1.29 is 5.11 Å². The molecular weight excluding hydrogens is 242 g/mol. The quantitative estimate of drug-likeness (QED) is 0.902. The number of rotatable bonds is 3. The van der Waals surface area contributed by atoms with Crippen LogP contribution in [0.2, 0.25) is 0 Å². The topological polar surface area (TPSA) is 33.1 Å². The van der Waals surface area contributed by atoms with Crippen molar-refractivity contribution in [1.29, 1.82) is 0 Å². The number of aromatic nitrogens is 1. The molecule has 3 heteroatoms. The van der Waals surface area contributed by atoms with Crippen molar-refractivity contribution in [2.45, 2.75) is 31.8 Å². The molecule has 1 fully saturated rings. The Kier molecular flexibility index (Phi) is 2.62. The van der Waals surface area contributed by atoms with Crippen molar-refractivity contribution >= 4 is 15.9 Å². The highest BCUT2D eigenvalue weighted by Gasteiger charge is 2.53. The Balaban J connectivity index is 2.17. The Morgan fingerprint density at radius 2 is 2.43 bits per heavy atom. The third-order valence-electron chi connectivity index (χ3n) is 2.91. The van der Waals surface area contributed by atoms with Gasteiger partial charge in [0.25, 0.3) is 0 Å². The smallest absolute Gasteiger partial charge is 0.0944 e. The molecule has 2 atom stereocenters. The van der Waals surface area contributed by atoms with Gasteiger partial charge in [0, 0.05) is 22.4 Å². The summed E-state index contributed by atoms with van der Waals surface area (Å²) < 4.78 is 0.936. The lowest BCUT2D eigenvalue weighted by Gasteiger charge is -2.10. The summed E-state index contributed by atoms with van der Waals surface area (Å²) in [6.45, 7) is 2.15. The van der Waals surface area contributed by atoms with Crippen LogP contribution in [0, 0.1) is 5.92 Å². The fraction of sp³-hybridized carbons (Fsp3) is 0.545. The monoisotopic (exact) mass is 255 g/mol. The van der Waals surface area contributed by atoms with Gasteiger partial charge in [0.2, 0.25) is 0 Å². The van der Waals surface area contributed by atoms with Gasteiger partial charge in [0.1, 0.15) is 0 Å².